The molecule has 20 heavy (non-hydrogen) atoms. The lowest BCUT2D eigenvalue weighted by Gasteiger charge is -2.21. The number of rotatable bonds is 5. The number of nitrogens with one attached hydrogen (secondary N) is 1. The first-order valence-corrected chi connectivity index (χ1v) is 6.99. The van der Waals surface area contributed by atoms with Crippen LogP contribution < -0.4 is 15.8 Å². The lowest BCUT2D eigenvalue weighted by atomic mass is 10.1. The lowest BCUT2D eigenvalue weighted by Crippen LogP contribution is -2.33. The molecule has 108 valence electrons. The Balaban J connectivity index is 1.93. The average Bonchev–Trinajstić information content (AvgIpc) is 2.46. The van der Waals surface area contributed by atoms with E-state index in [4.69, 9.17) is 27.4 Å². The third-order valence-corrected chi connectivity index (χ3v) is 3.07. The van der Waals surface area contributed by atoms with Crippen molar-refractivity contribution in [2.24, 2.45) is 5.73 Å². The summed E-state index contributed by atoms with van der Waals surface area (Å²) < 4.78 is 10.8. The predicted molar refractivity (Wildman–Crippen MR) is 80.9 cm³/mol. The molecule has 1 saturated heterocycles. The smallest absolute Gasteiger partial charge is 0.253 e. The first kappa shape index (κ1) is 14.7. The van der Waals surface area contributed by atoms with Gasteiger partial charge in [0.25, 0.3) is 5.91 Å². The highest BCUT2D eigenvalue weighted by molar-refractivity contribution is 7.80. The fourth-order valence-electron chi connectivity index (χ4n) is 1.99. The second-order valence-corrected chi connectivity index (χ2v) is 5.15. The van der Waals surface area contributed by atoms with E-state index in [1.807, 2.05) is 0 Å². The van der Waals surface area contributed by atoms with Gasteiger partial charge < -0.3 is 20.5 Å². The van der Waals surface area contributed by atoms with E-state index in [0.29, 0.717) is 18.0 Å². The largest absolute Gasteiger partial charge is 0.486 e. The highest BCUT2D eigenvalue weighted by Gasteiger charge is 2.21. The lowest BCUT2D eigenvalue weighted by molar-refractivity contribution is -0.129. The van der Waals surface area contributed by atoms with E-state index < -0.39 is 0 Å². The minimum Gasteiger partial charge on any atom is -0.486 e. The molecule has 5 nitrogen and oxygen atoms in total. The van der Waals surface area contributed by atoms with Crippen LogP contribution in [0.2, 0.25) is 0 Å². The molecule has 1 amide bonds. The zero-order chi connectivity index (χ0) is 14.4. The summed E-state index contributed by atoms with van der Waals surface area (Å²) in [6, 6.07) is 7.12. The maximum Gasteiger partial charge on any atom is 0.253 e. The molecule has 1 unspecified atom stereocenters. The van der Waals surface area contributed by atoms with Crippen molar-refractivity contribution in [1.82, 2.24) is 0 Å². The topological polar surface area (TPSA) is 73.6 Å². The molecule has 3 N–H and O–H groups in total. The molecule has 1 aliphatic heterocycles. The van der Waals surface area contributed by atoms with Gasteiger partial charge in [0.05, 0.1) is 0 Å². The Kier molecular flexibility index (Phi) is 5.31. The molecule has 0 radical (unpaired) electrons. The zero-order valence-electron chi connectivity index (χ0n) is 11.1. The first-order chi connectivity index (χ1) is 9.65. The van der Waals surface area contributed by atoms with Crippen LogP contribution in [0, 0.1) is 0 Å². The summed E-state index contributed by atoms with van der Waals surface area (Å²) in [5, 5.41) is 2.83. The Morgan fingerprint density at radius 2 is 2.35 bits per heavy atom. The number of carbonyl (C=O) groups excluding carboxylic acids is 1. The van der Waals surface area contributed by atoms with E-state index in [-0.39, 0.29) is 23.6 Å². The number of amides is 1. The van der Waals surface area contributed by atoms with Crippen LogP contribution in [0.25, 0.3) is 0 Å². The van der Waals surface area contributed by atoms with Gasteiger partial charge in [-0.25, -0.2) is 0 Å². The molecular weight excluding hydrogens is 276 g/mol. The van der Waals surface area contributed by atoms with Gasteiger partial charge in [0.1, 0.15) is 23.4 Å². The van der Waals surface area contributed by atoms with Crippen LogP contribution >= 0.6 is 12.2 Å². The highest BCUT2D eigenvalue weighted by atomic mass is 32.1. The normalized spacial score (nSPS) is 18.3. The van der Waals surface area contributed by atoms with Crippen LogP contribution in [-0.2, 0) is 9.53 Å². The molecule has 1 heterocycles. The minimum atomic E-state index is -0.357. The number of benzene rings is 1. The van der Waals surface area contributed by atoms with Gasteiger partial charge in [-0.05, 0) is 31.4 Å². The number of ether oxygens (including phenoxy) is 2. The number of thiocarbonyl (C=S) groups is 1. The van der Waals surface area contributed by atoms with Crippen molar-refractivity contribution in [1.29, 1.82) is 0 Å². The van der Waals surface area contributed by atoms with E-state index in [0.717, 1.165) is 19.3 Å². The van der Waals surface area contributed by atoms with Crippen molar-refractivity contribution in [2.45, 2.75) is 25.4 Å². The predicted octanol–water partition coefficient (Wildman–Crippen LogP) is 1.86. The van der Waals surface area contributed by atoms with Gasteiger partial charge in [-0.2, -0.15) is 0 Å². The van der Waals surface area contributed by atoms with Crippen LogP contribution in [0.15, 0.2) is 24.3 Å². The first-order valence-electron chi connectivity index (χ1n) is 6.59. The van der Waals surface area contributed by atoms with E-state index >= 15 is 0 Å². The molecule has 0 aliphatic carbocycles. The molecule has 1 fully saturated rings. The number of hydrogen-bond donors (Lipinski definition) is 2. The third kappa shape index (κ3) is 4.47. The summed E-state index contributed by atoms with van der Waals surface area (Å²) in [6.45, 7) is 0.827. The zero-order valence-corrected chi connectivity index (χ0v) is 11.9. The molecule has 0 bridgehead atoms. The molecular formula is C14H18N2O3S. The Labute approximate surface area is 123 Å². The molecule has 2 rings (SSSR count). The molecule has 6 heteroatoms. The van der Waals surface area contributed by atoms with E-state index in [2.05, 4.69) is 5.32 Å². The van der Waals surface area contributed by atoms with Crippen LogP contribution in [0.5, 0.6) is 5.75 Å². The average molecular weight is 294 g/mol. The second kappa shape index (κ2) is 7.21. The number of nitrogens with two attached hydrogens (primary N) is 1. The van der Waals surface area contributed by atoms with Crippen molar-refractivity contribution in [3.05, 3.63) is 24.3 Å². The van der Waals surface area contributed by atoms with E-state index in [9.17, 15) is 4.79 Å². The van der Waals surface area contributed by atoms with Gasteiger partial charge in [0.2, 0.25) is 0 Å². The van der Waals surface area contributed by atoms with Crippen LogP contribution in [0.4, 0.5) is 5.69 Å². The SMILES string of the molecule is NC(=S)COc1cccc(NC(=O)C2CCCCO2)c1. The number of anilines is 1. The van der Waals surface area contributed by atoms with Crippen molar-refractivity contribution in [2.75, 3.05) is 18.5 Å². The maximum absolute atomic E-state index is 12.0. The van der Waals surface area contributed by atoms with Gasteiger partial charge in [0.15, 0.2) is 0 Å². The van der Waals surface area contributed by atoms with Gasteiger partial charge in [-0.1, -0.05) is 18.3 Å². The van der Waals surface area contributed by atoms with Crippen LogP contribution in [0.1, 0.15) is 19.3 Å². The highest BCUT2D eigenvalue weighted by Crippen LogP contribution is 2.19. The van der Waals surface area contributed by atoms with Crippen molar-refractivity contribution in [3.63, 3.8) is 0 Å². The molecule has 1 aromatic rings. The van der Waals surface area contributed by atoms with E-state index in [1.165, 1.54) is 0 Å². The molecule has 1 atom stereocenters. The molecule has 0 aromatic heterocycles. The number of carbonyl (C=O) groups is 1. The molecule has 1 aliphatic rings. The van der Waals surface area contributed by atoms with Gasteiger partial charge in [-0.3, -0.25) is 4.79 Å². The summed E-state index contributed by atoms with van der Waals surface area (Å²) in [7, 11) is 0. The molecule has 1 aromatic carbocycles. The fourth-order valence-corrected chi connectivity index (χ4v) is 2.05. The maximum atomic E-state index is 12.0. The van der Waals surface area contributed by atoms with Gasteiger partial charge in [-0.15, -0.1) is 0 Å². The van der Waals surface area contributed by atoms with E-state index in [1.54, 1.807) is 24.3 Å². The second-order valence-electron chi connectivity index (χ2n) is 4.63. The standard InChI is InChI=1S/C14H18N2O3S/c15-13(20)9-19-11-5-3-4-10(8-11)16-14(17)12-6-1-2-7-18-12/h3-5,8,12H,1-2,6-7,9H2,(H2,15,20)(H,16,17). The Morgan fingerprint density at radius 3 is 3.05 bits per heavy atom. The summed E-state index contributed by atoms with van der Waals surface area (Å²) in [4.78, 5) is 12.3. The summed E-state index contributed by atoms with van der Waals surface area (Å²) in [6.07, 6.45) is 2.45. The summed E-state index contributed by atoms with van der Waals surface area (Å²) in [5.41, 5.74) is 6.05. The Hall–Kier alpha value is -1.66. The molecule has 0 spiro atoms. The number of hydrogen-bond acceptors (Lipinski definition) is 4. The van der Waals surface area contributed by atoms with Gasteiger partial charge >= 0.3 is 0 Å². The Morgan fingerprint density at radius 1 is 1.50 bits per heavy atom. The summed E-state index contributed by atoms with van der Waals surface area (Å²) >= 11 is 4.75. The fraction of sp³-hybridized carbons (Fsp3) is 0.429. The van der Waals surface area contributed by atoms with Crippen LogP contribution in [0.3, 0.4) is 0 Å². The minimum absolute atomic E-state index is 0.115. The monoisotopic (exact) mass is 294 g/mol. The van der Waals surface area contributed by atoms with Crippen molar-refractivity contribution < 1.29 is 14.3 Å². The van der Waals surface area contributed by atoms with Gasteiger partial charge in [0, 0.05) is 18.4 Å². The van der Waals surface area contributed by atoms with Crippen molar-refractivity contribution in [3.8, 4) is 5.75 Å². The Bertz CT molecular complexity index is 487. The third-order valence-electron chi connectivity index (χ3n) is 2.95. The summed E-state index contributed by atoms with van der Waals surface area (Å²) in [5.74, 6) is 0.497. The quantitative estimate of drug-likeness (QED) is 0.811. The van der Waals surface area contributed by atoms with Crippen LogP contribution in [-0.4, -0.2) is 30.2 Å². The van der Waals surface area contributed by atoms with Crippen molar-refractivity contribution >= 4 is 28.8 Å². The molecule has 0 saturated carbocycles.